The van der Waals surface area contributed by atoms with E-state index in [-0.39, 0.29) is 6.54 Å². The van der Waals surface area contributed by atoms with Gasteiger partial charge in [-0.3, -0.25) is 9.05 Å². The number of ether oxygens (including phenoxy) is 1. The molecule has 2 saturated heterocycles. The van der Waals surface area contributed by atoms with E-state index in [1.54, 1.807) is 0 Å². The Balaban J connectivity index is 2.11. The van der Waals surface area contributed by atoms with Gasteiger partial charge in [-0.2, -0.15) is 0 Å². The van der Waals surface area contributed by atoms with Gasteiger partial charge in [0.25, 0.3) is 0 Å². The average Bonchev–Trinajstić information content (AvgIpc) is 2.47. The highest BCUT2D eigenvalue weighted by Gasteiger charge is 2.55. The minimum atomic E-state index is -4.02. The number of nitrogens with two attached hydrogens (primary N) is 1. The number of phosphoric acid groups is 1. The molecule has 0 saturated carbocycles. The highest BCUT2D eigenvalue weighted by atomic mass is 31.2. The minimum absolute atomic E-state index is 0.108. The Hall–Kier alpha value is -0.0100. The topological polar surface area (TPSA) is 111 Å². The Morgan fingerprint density at radius 3 is 2.69 bits per heavy atom. The number of rotatable bonds is 1. The maximum Gasteiger partial charge on any atom is 0.475 e. The van der Waals surface area contributed by atoms with Gasteiger partial charge in [0.15, 0.2) is 6.29 Å². The third kappa shape index (κ3) is 1.53. The standard InChI is InChI=1S/C5H10NO6P/c6-1-2-3(7)4-5(10-2)12-13(8,9)11-4/h2-5,7H,1,6H2,(H,8,9)/t2-,3-,4-,5-/m1/s1. The first-order valence-corrected chi connectivity index (χ1v) is 5.26. The number of aliphatic hydroxyl groups excluding tert-OH is 1. The molecule has 1 unspecified atom stereocenters. The number of aliphatic hydroxyl groups is 1. The first kappa shape index (κ1) is 9.54. The normalized spacial score (nSPS) is 55.3. The summed E-state index contributed by atoms with van der Waals surface area (Å²) in [6, 6.07) is 0. The molecule has 0 aromatic rings. The van der Waals surface area contributed by atoms with E-state index >= 15 is 0 Å². The van der Waals surface area contributed by atoms with E-state index in [1.165, 1.54) is 0 Å². The summed E-state index contributed by atoms with van der Waals surface area (Å²) >= 11 is 0. The molecular formula is C5H10NO6P. The molecule has 0 aromatic carbocycles. The van der Waals surface area contributed by atoms with Crippen molar-refractivity contribution < 1.29 is 28.3 Å². The van der Waals surface area contributed by atoms with Crippen molar-refractivity contribution >= 4 is 7.82 Å². The molecular weight excluding hydrogens is 201 g/mol. The molecule has 0 aliphatic carbocycles. The van der Waals surface area contributed by atoms with Gasteiger partial charge in [0.2, 0.25) is 0 Å². The van der Waals surface area contributed by atoms with Crippen LogP contribution in [-0.4, -0.2) is 41.1 Å². The first-order chi connectivity index (χ1) is 6.03. The van der Waals surface area contributed by atoms with Crippen LogP contribution in [0.15, 0.2) is 0 Å². The lowest BCUT2D eigenvalue weighted by Crippen LogP contribution is -2.35. The van der Waals surface area contributed by atoms with Crippen LogP contribution in [0.5, 0.6) is 0 Å². The van der Waals surface area contributed by atoms with Crippen LogP contribution in [0.2, 0.25) is 0 Å². The van der Waals surface area contributed by atoms with Gasteiger partial charge in [-0.05, 0) is 0 Å². The zero-order chi connectivity index (χ0) is 9.64. The van der Waals surface area contributed by atoms with Gasteiger partial charge in [0.05, 0.1) is 0 Å². The fourth-order valence-electron chi connectivity index (χ4n) is 1.40. The summed E-state index contributed by atoms with van der Waals surface area (Å²) in [4.78, 5) is 8.87. The van der Waals surface area contributed by atoms with Crippen molar-refractivity contribution in [2.45, 2.75) is 24.6 Å². The van der Waals surface area contributed by atoms with Crippen LogP contribution >= 0.6 is 7.82 Å². The van der Waals surface area contributed by atoms with E-state index in [1.807, 2.05) is 0 Å². The van der Waals surface area contributed by atoms with Crippen molar-refractivity contribution in [2.75, 3.05) is 6.54 Å². The Morgan fingerprint density at radius 1 is 1.46 bits per heavy atom. The zero-order valence-corrected chi connectivity index (χ0v) is 7.46. The molecule has 0 aromatic heterocycles. The predicted octanol–water partition coefficient (Wildman–Crippen LogP) is -1.45. The molecule has 13 heavy (non-hydrogen) atoms. The lowest BCUT2D eigenvalue weighted by molar-refractivity contribution is -0.0742. The summed E-state index contributed by atoms with van der Waals surface area (Å²) in [7, 11) is -4.02. The average molecular weight is 211 g/mol. The van der Waals surface area contributed by atoms with Crippen molar-refractivity contribution in [3.05, 3.63) is 0 Å². The Labute approximate surface area is 74.0 Å². The highest BCUT2D eigenvalue weighted by molar-refractivity contribution is 7.47. The van der Waals surface area contributed by atoms with Crippen molar-refractivity contribution in [1.29, 1.82) is 0 Å². The van der Waals surface area contributed by atoms with Crippen molar-refractivity contribution in [3.8, 4) is 0 Å². The van der Waals surface area contributed by atoms with Crippen LogP contribution in [0, 0.1) is 0 Å². The molecule has 2 rings (SSSR count). The van der Waals surface area contributed by atoms with E-state index in [9.17, 15) is 9.67 Å². The van der Waals surface area contributed by atoms with Gasteiger partial charge in [0, 0.05) is 6.54 Å². The molecule has 0 amide bonds. The minimum Gasteiger partial charge on any atom is -0.387 e. The van der Waals surface area contributed by atoms with Crippen molar-refractivity contribution in [2.24, 2.45) is 5.73 Å². The predicted molar refractivity (Wildman–Crippen MR) is 39.5 cm³/mol. The number of phosphoric ester groups is 1. The maximum absolute atomic E-state index is 10.9. The molecule has 76 valence electrons. The maximum atomic E-state index is 10.9. The fraction of sp³-hybridized carbons (Fsp3) is 1.00. The molecule has 5 atom stereocenters. The Morgan fingerprint density at radius 2 is 2.15 bits per heavy atom. The lowest BCUT2D eigenvalue weighted by atomic mass is 10.1. The van der Waals surface area contributed by atoms with Crippen LogP contribution in [0.1, 0.15) is 0 Å². The second-order valence-corrected chi connectivity index (χ2v) is 4.27. The summed E-state index contributed by atoms with van der Waals surface area (Å²) in [5.74, 6) is 0. The van der Waals surface area contributed by atoms with E-state index in [2.05, 4.69) is 9.05 Å². The smallest absolute Gasteiger partial charge is 0.387 e. The summed E-state index contributed by atoms with van der Waals surface area (Å²) in [6.45, 7) is 0.108. The van der Waals surface area contributed by atoms with Gasteiger partial charge in [0.1, 0.15) is 18.3 Å². The van der Waals surface area contributed by atoms with E-state index in [4.69, 9.17) is 15.4 Å². The Bertz CT molecular complexity index is 259. The SMILES string of the molecule is NC[C@H]1O[C@@H]2OP(=O)(O)O[C@@H]2[C@@H]1O. The first-order valence-electron chi connectivity index (χ1n) is 3.77. The van der Waals surface area contributed by atoms with Gasteiger partial charge in [-0.15, -0.1) is 0 Å². The van der Waals surface area contributed by atoms with Crippen LogP contribution in [-0.2, 0) is 18.3 Å². The number of hydrogen-bond donors (Lipinski definition) is 3. The van der Waals surface area contributed by atoms with E-state index in [0.29, 0.717) is 0 Å². The van der Waals surface area contributed by atoms with Crippen LogP contribution in [0.25, 0.3) is 0 Å². The number of hydrogen-bond acceptors (Lipinski definition) is 6. The third-order valence-electron chi connectivity index (χ3n) is 2.02. The third-order valence-corrected chi connectivity index (χ3v) is 3.00. The highest BCUT2D eigenvalue weighted by Crippen LogP contribution is 2.55. The van der Waals surface area contributed by atoms with Crippen molar-refractivity contribution in [3.63, 3.8) is 0 Å². The molecule has 4 N–H and O–H groups in total. The fourth-order valence-corrected chi connectivity index (χ4v) is 2.42. The van der Waals surface area contributed by atoms with Crippen LogP contribution in [0.3, 0.4) is 0 Å². The molecule has 0 spiro atoms. The summed E-state index contributed by atoms with van der Waals surface area (Å²) in [6.07, 6.45) is -3.52. The largest absolute Gasteiger partial charge is 0.475 e. The molecule has 2 fully saturated rings. The van der Waals surface area contributed by atoms with Gasteiger partial charge in [-0.25, -0.2) is 4.57 Å². The quantitative estimate of drug-likeness (QED) is 0.455. The number of fused-ring (bicyclic) bond motifs is 1. The van der Waals surface area contributed by atoms with Crippen LogP contribution in [0.4, 0.5) is 0 Å². The van der Waals surface area contributed by atoms with Gasteiger partial charge in [-0.1, -0.05) is 0 Å². The van der Waals surface area contributed by atoms with E-state index in [0.717, 1.165) is 0 Å². The summed E-state index contributed by atoms with van der Waals surface area (Å²) in [5.41, 5.74) is 5.27. The molecule has 2 heterocycles. The van der Waals surface area contributed by atoms with Gasteiger partial charge < -0.3 is 20.5 Å². The molecule has 2 aliphatic heterocycles. The van der Waals surface area contributed by atoms with Crippen LogP contribution < -0.4 is 5.73 Å². The molecule has 2 aliphatic rings. The zero-order valence-electron chi connectivity index (χ0n) is 6.57. The second kappa shape index (κ2) is 2.99. The van der Waals surface area contributed by atoms with E-state index < -0.39 is 32.4 Å². The molecule has 7 nitrogen and oxygen atoms in total. The van der Waals surface area contributed by atoms with Gasteiger partial charge >= 0.3 is 7.82 Å². The molecule has 0 bridgehead atoms. The molecule has 8 heteroatoms. The summed E-state index contributed by atoms with van der Waals surface area (Å²) < 4.78 is 25.0. The van der Waals surface area contributed by atoms with Crippen molar-refractivity contribution in [1.82, 2.24) is 0 Å². The lowest BCUT2D eigenvalue weighted by Gasteiger charge is -2.14. The molecule has 0 radical (unpaired) electrons. The summed E-state index contributed by atoms with van der Waals surface area (Å²) in [5, 5.41) is 9.45. The Kier molecular flexibility index (Phi) is 2.20. The monoisotopic (exact) mass is 211 g/mol. The second-order valence-electron chi connectivity index (χ2n) is 2.91.